The fraction of sp³-hybridized carbons (Fsp3) is 0.263. The Balaban J connectivity index is 1.65. The van der Waals surface area contributed by atoms with Crippen molar-refractivity contribution in [2.45, 2.75) is 13.8 Å². The highest BCUT2D eigenvalue weighted by molar-refractivity contribution is 7.12. The summed E-state index contributed by atoms with van der Waals surface area (Å²) < 4.78 is 4.83. The zero-order chi connectivity index (χ0) is 20.5. The molecule has 0 radical (unpaired) electrons. The summed E-state index contributed by atoms with van der Waals surface area (Å²) in [6.45, 7) is 2.68. The van der Waals surface area contributed by atoms with Crippen molar-refractivity contribution >= 4 is 40.7 Å². The van der Waals surface area contributed by atoms with Gasteiger partial charge in [-0.25, -0.2) is 0 Å². The van der Waals surface area contributed by atoms with E-state index in [1.165, 1.54) is 11.3 Å². The predicted octanol–water partition coefficient (Wildman–Crippen LogP) is 1.39. The molecule has 3 amide bonds. The van der Waals surface area contributed by atoms with Gasteiger partial charge in [0.2, 0.25) is 5.91 Å². The van der Waals surface area contributed by atoms with Crippen molar-refractivity contribution in [3.8, 4) is 0 Å². The van der Waals surface area contributed by atoms with Crippen LogP contribution in [0.5, 0.6) is 0 Å². The van der Waals surface area contributed by atoms with Crippen LogP contribution in [0.3, 0.4) is 0 Å². The van der Waals surface area contributed by atoms with Gasteiger partial charge in [0, 0.05) is 5.69 Å². The topological polar surface area (TPSA) is 114 Å². The van der Waals surface area contributed by atoms with Gasteiger partial charge in [-0.3, -0.25) is 19.2 Å². The summed E-state index contributed by atoms with van der Waals surface area (Å²) in [5, 5.41) is 9.17. The number of hydrogen-bond donors (Lipinski definition) is 3. The molecule has 0 aliphatic carbocycles. The van der Waals surface area contributed by atoms with Gasteiger partial charge in [0.05, 0.1) is 11.4 Å². The molecule has 0 saturated carbocycles. The van der Waals surface area contributed by atoms with E-state index < -0.39 is 30.9 Å². The molecule has 0 bridgehead atoms. The highest BCUT2D eigenvalue weighted by Gasteiger charge is 2.12. The number of ether oxygens (including phenoxy) is 1. The Hall–Kier alpha value is -3.20. The largest absolute Gasteiger partial charge is 0.454 e. The number of amides is 3. The maximum Gasteiger partial charge on any atom is 0.325 e. The number of carbonyl (C=O) groups is 4. The van der Waals surface area contributed by atoms with E-state index in [2.05, 4.69) is 16.0 Å². The molecule has 0 saturated heterocycles. The molecule has 0 aliphatic rings. The quantitative estimate of drug-likeness (QED) is 0.577. The molecule has 0 fully saturated rings. The molecule has 28 heavy (non-hydrogen) atoms. The highest BCUT2D eigenvalue weighted by atomic mass is 32.1. The molecule has 0 aliphatic heterocycles. The van der Waals surface area contributed by atoms with Gasteiger partial charge in [-0.15, -0.1) is 11.3 Å². The SMILES string of the molecule is Cc1cccc(NC(=O)COC(=O)CNC(=O)CNC(=O)c2cccs2)c1C. The van der Waals surface area contributed by atoms with Crippen LogP contribution in [0, 0.1) is 13.8 Å². The van der Waals surface area contributed by atoms with E-state index in [0.717, 1.165) is 11.1 Å². The van der Waals surface area contributed by atoms with Crippen LogP contribution in [0.25, 0.3) is 0 Å². The number of hydrogen-bond acceptors (Lipinski definition) is 6. The normalized spacial score (nSPS) is 10.1. The first-order valence-corrected chi connectivity index (χ1v) is 9.35. The summed E-state index contributed by atoms with van der Waals surface area (Å²) in [6.07, 6.45) is 0. The van der Waals surface area contributed by atoms with Gasteiger partial charge in [-0.2, -0.15) is 0 Å². The average Bonchev–Trinajstić information content (AvgIpc) is 3.21. The van der Waals surface area contributed by atoms with Crippen molar-refractivity contribution in [2.75, 3.05) is 25.0 Å². The minimum absolute atomic E-state index is 0.267. The lowest BCUT2D eigenvalue weighted by Gasteiger charge is -2.11. The molecule has 8 nitrogen and oxygen atoms in total. The average molecular weight is 403 g/mol. The maximum absolute atomic E-state index is 11.9. The lowest BCUT2D eigenvalue weighted by Crippen LogP contribution is -2.39. The number of rotatable bonds is 8. The first-order chi connectivity index (χ1) is 13.4. The van der Waals surface area contributed by atoms with Crippen molar-refractivity contribution in [3.63, 3.8) is 0 Å². The Labute approximate surface area is 166 Å². The van der Waals surface area contributed by atoms with Crippen molar-refractivity contribution in [1.29, 1.82) is 0 Å². The number of carbonyl (C=O) groups excluding carboxylic acids is 4. The molecule has 3 N–H and O–H groups in total. The highest BCUT2D eigenvalue weighted by Crippen LogP contribution is 2.17. The summed E-state index contributed by atoms with van der Waals surface area (Å²) in [5.74, 6) is -2.14. The maximum atomic E-state index is 11.9. The van der Waals surface area contributed by atoms with Gasteiger partial charge in [-0.05, 0) is 42.5 Å². The van der Waals surface area contributed by atoms with E-state index in [1.54, 1.807) is 23.6 Å². The third-order valence-electron chi connectivity index (χ3n) is 3.83. The Morgan fingerprint density at radius 1 is 0.964 bits per heavy atom. The molecule has 1 heterocycles. The lowest BCUT2D eigenvalue weighted by atomic mass is 10.1. The van der Waals surface area contributed by atoms with Crippen LogP contribution < -0.4 is 16.0 Å². The van der Waals surface area contributed by atoms with E-state index >= 15 is 0 Å². The number of benzene rings is 1. The Morgan fingerprint density at radius 2 is 1.75 bits per heavy atom. The van der Waals surface area contributed by atoms with Gasteiger partial charge in [0.15, 0.2) is 6.61 Å². The minimum atomic E-state index is -0.756. The smallest absolute Gasteiger partial charge is 0.325 e. The predicted molar refractivity (Wildman–Crippen MR) is 105 cm³/mol. The second kappa shape index (κ2) is 10.2. The number of esters is 1. The molecule has 0 atom stereocenters. The summed E-state index contributed by atoms with van der Waals surface area (Å²) in [6, 6.07) is 8.87. The number of aryl methyl sites for hydroxylation is 1. The third kappa shape index (κ3) is 6.51. The van der Waals surface area contributed by atoms with Crippen LogP contribution in [0.1, 0.15) is 20.8 Å². The minimum Gasteiger partial charge on any atom is -0.454 e. The lowest BCUT2D eigenvalue weighted by molar-refractivity contribution is -0.147. The van der Waals surface area contributed by atoms with Gasteiger partial charge >= 0.3 is 5.97 Å². The van der Waals surface area contributed by atoms with E-state index in [0.29, 0.717) is 10.6 Å². The summed E-state index contributed by atoms with van der Waals surface area (Å²) in [4.78, 5) is 47.4. The van der Waals surface area contributed by atoms with Crippen LogP contribution in [0.4, 0.5) is 5.69 Å². The van der Waals surface area contributed by atoms with E-state index in [-0.39, 0.29) is 12.5 Å². The summed E-state index contributed by atoms with van der Waals surface area (Å²) >= 11 is 1.26. The molecule has 0 unspecified atom stereocenters. The first kappa shape index (κ1) is 21.1. The van der Waals surface area contributed by atoms with Crippen LogP contribution in [0.2, 0.25) is 0 Å². The fourth-order valence-corrected chi connectivity index (χ4v) is 2.80. The molecule has 0 spiro atoms. The Morgan fingerprint density at radius 3 is 2.46 bits per heavy atom. The fourth-order valence-electron chi connectivity index (χ4n) is 2.16. The van der Waals surface area contributed by atoms with E-state index in [9.17, 15) is 19.2 Å². The van der Waals surface area contributed by atoms with Crippen LogP contribution in [-0.2, 0) is 19.1 Å². The molecule has 2 aromatic rings. The monoisotopic (exact) mass is 403 g/mol. The van der Waals surface area contributed by atoms with Crippen molar-refractivity contribution in [3.05, 3.63) is 51.7 Å². The van der Waals surface area contributed by atoms with Crippen LogP contribution in [-0.4, -0.2) is 43.4 Å². The van der Waals surface area contributed by atoms with Gasteiger partial charge in [-0.1, -0.05) is 18.2 Å². The zero-order valence-electron chi connectivity index (χ0n) is 15.5. The molecule has 1 aromatic heterocycles. The molecule has 148 valence electrons. The van der Waals surface area contributed by atoms with E-state index in [1.807, 2.05) is 26.0 Å². The number of thiophene rings is 1. The second-order valence-corrected chi connectivity index (χ2v) is 6.84. The van der Waals surface area contributed by atoms with E-state index in [4.69, 9.17) is 4.74 Å². The second-order valence-electron chi connectivity index (χ2n) is 5.89. The van der Waals surface area contributed by atoms with Crippen molar-refractivity contribution in [2.24, 2.45) is 0 Å². The first-order valence-electron chi connectivity index (χ1n) is 8.47. The van der Waals surface area contributed by atoms with Crippen LogP contribution >= 0.6 is 11.3 Å². The molecule has 1 aromatic carbocycles. The Kier molecular flexibility index (Phi) is 7.70. The van der Waals surface area contributed by atoms with Crippen molar-refractivity contribution < 1.29 is 23.9 Å². The zero-order valence-corrected chi connectivity index (χ0v) is 16.4. The summed E-state index contributed by atoms with van der Waals surface area (Å²) in [7, 11) is 0. The Bertz CT molecular complexity index is 864. The molecule has 9 heteroatoms. The van der Waals surface area contributed by atoms with Crippen LogP contribution in [0.15, 0.2) is 35.7 Å². The van der Waals surface area contributed by atoms with Gasteiger partial charge in [0.25, 0.3) is 11.8 Å². The number of anilines is 1. The molecular formula is C19H21N3O5S. The van der Waals surface area contributed by atoms with Crippen molar-refractivity contribution in [1.82, 2.24) is 10.6 Å². The molecular weight excluding hydrogens is 382 g/mol. The third-order valence-corrected chi connectivity index (χ3v) is 4.70. The van der Waals surface area contributed by atoms with Gasteiger partial charge in [0.1, 0.15) is 6.54 Å². The van der Waals surface area contributed by atoms with Gasteiger partial charge < -0.3 is 20.7 Å². The molecule has 2 rings (SSSR count). The number of nitrogens with one attached hydrogen (secondary N) is 3. The summed E-state index contributed by atoms with van der Waals surface area (Å²) in [5.41, 5.74) is 2.61. The standard InChI is InChI=1S/C19H21N3O5S/c1-12-5-3-6-14(13(12)2)22-17(24)11-27-18(25)10-20-16(23)9-21-19(26)15-7-4-8-28-15/h3-8H,9-11H2,1-2H3,(H,20,23)(H,21,26)(H,22,24).